The van der Waals surface area contributed by atoms with E-state index in [4.69, 9.17) is 20.6 Å². The summed E-state index contributed by atoms with van der Waals surface area (Å²) >= 11 is 0. The number of carbonyl (C=O) groups is 2. The van der Waals surface area contributed by atoms with E-state index >= 15 is 0 Å². The molecule has 4 saturated carbocycles. The van der Waals surface area contributed by atoms with Crippen LogP contribution in [0.3, 0.4) is 0 Å². The van der Waals surface area contributed by atoms with E-state index in [1.54, 1.807) is 0 Å². The van der Waals surface area contributed by atoms with Crippen molar-refractivity contribution < 1.29 is 37.0 Å². The van der Waals surface area contributed by atoms with Gasteiger partial charge in [-0.15, -0.1) is 6.42 Å². The molecule has 4 aliphatic carbocycles. The number of esters is 1. The second-order valence-electron chi connectivity index (χ2n) is 11.8. The number of halogens is 3. The van der Waals surface area contributed by atoms with E-state index in [1.165, 1.54) is 0 Å². The average Bonchev–Trinajstić information content (AvgIpc) is 3.11. The van der Waals surface area contributed by atoms with E-state index in [9.17, 15) is 22.8 Å². The fraction of sp³-hybridized carbons (Fsp3) is 0.857. The molecule has 0 bridgehead atoms. The maximum atomic E-state index is 13.2. The third kappa shape index (κ3) is 4.18. The minimum atomic E-state index is -5.08. The van der Waals surface area contributed by atoms with Gasteiger partial charge in [-0.05, 0) is 87.9 Å². The number of hydrogen-bond acceptors (Lipinski definition) is 5. The van der Waals surface area contributed by atoms with Crippen molar-refractivity contribution in [3.05, 3.63) is 0 Å². The Labute approximate surface area is 212 Å². The quantitative estimate of drug-likeness (QED) is 0.260. The zero-order chi connectivity index (χ0) is 26.5. The van der Waals surface area contributed by atoms with Crippen molar-refractivity contribution in [1.29, 1.82) is 0 Å². The number of Topliss-reactive ketones (excluding diaryl/α,β-unsaturated/α-hetero) is 1. The molecule has 4 fully saturated rings. The van der Waals surface area contributed by atoms with Gasteiger partial charge in [-0.25, -0.2) is 4.79 Å². The maximum Gasteiger partial charge on any atom is 0.490 e. The molecule has 2 unspecified atom stereocenters. The lowest BCUT2D eigenvalue weighted by Crippen LogP contribution is -2.59. The number of hydrogen-bond donors (Lipinski definition) is 0. The normalized spacial score (nSPS) is 42.3. The summed E-state index contributed by atoms with van der Waals surface area (Å²) in [7, 11) is 0. The van der Waals surface area contributed by atoms with Crippen molar-refractivity contribution in [3.8, 4) is 12.3 Å². The second-order valence-corrected chi connectivity index (χ2v) is 11.8. The summed E-state index contributed by atoms with van der Waals surface area (Å²) < 4.78 is 56.2. The number of ketones is 1. The molecule has 0 aromatic rings. The highest BCUT2D eigenvalue weighted by molar-refractivity contribution is 5.82. The lowest BCUT2D eigenvalue weighted by atomic mass is 9.43. The Morgan fingerprint density at radius 1 is 1.08 bits per heavy atom. The Hall–Kier alpha value is -1.59. The summed E-state index contributed by atoms with van der Waals surface area (Å²) in [4.78, 5) is 25.0. The second kappa shape index (κ2) is 9.62. The molecular weight excluding hydrogens is 473 g/mol. The number of fused-ring (bicyclic) bond motifs is 5. The standard InChI is InChI=1S/C28H39F3O5/c1-6-27(36-24(33)28(29,30)31)14-12-21-18-10-9-17-15-22(32)19(23(34-7-2)35-8-3)16-25(17,4)20(18)11-13-26(21,27)5/h1,17-21,23H,7-16H2,2-5H3/t17?,18-,19?,20+,21+,25+,26+,27-/m1/s1. The van der Waals surface area contributed by atoms with Crippen LogP contribution >= 0.6 is 0 Å². The summed E-state index contributed by atoms with van der Waals surface area (Å²) in [6.45, 7) is 8.93. The summed E-state index contributed by atoms with van der Waals surface area (Å²) in [5.74, 6) is 1.12. The number of rotatable bonds is 6. The molecule has 0 heterocycles. The number of terminal acetylenes is 1. The highest BCUT2D eigenvalue weighted by Gasteiger charge is 2.67. The molecule has 0 aliphatic heterocycles. The molecule has 0 amide bonds. The van der Waals surface area contributed by atoms with E-state index in [0.717, 1.165) is 19.3 Å². The molecule has 4 aliphatic rings. The van der Waals surface area contributed by atoms with Crippen molar-refractivity contribution in [1.82, 2.24) is 0 Å². The first kappa shape index (κ1) is 27.4. The van der Waals surface area contributed by atoms with Crippen LogP contribution in [-0.4, -0.2) is 43.0 Å². The average molecular weight is 513 g/mol. The van der Waals surface area contributed by atoms with Crippen LogP contribution in [0.4, 0.5) is 13.2 Å². The number of ether oxygens (including phenoxy) is 3. The fourth-order valence-corrected chi connectivity index (χ4v) is 8.68. The predicted molar refractivity (Wildman–Crippen MR) is 126 cm³/mol. The van der Waals surface area contributed by atoms with Gasteiger partial charge in [0.1, 0.15) is 5.78 Å². The summed E-state index contributed by atoms with van der Waals surface area (Å²) in [5.41, 5.74) is -2.36. The van der Waals surface area contributed by atoms with Crippen molar-refractivity contribution in [2.45, 2.75) is 97.1 Å². The van der Waals surface area contributed by atoms with Crippen LogP contribution < -0.4 is 0 Å². The molecule has 5 nitrogen and oxygen atoms in total. The van der Waals surface area contributed by atoms with Gasteiger partial charge in [0.15, 0.2) is 11.9 Å². The van der Waals surface area contributed by atoms with Crippen molar-refractivity contribution in [2.24, 2.45) is 40.4 Å². The first-order valence-corrected chi connectivity index (χ1v) is 13.4. The molecule has 8 heteroatoms. The van der Waals surface area contributed by atoms with Crippen LogP contribution in [0.15, 0.2) is 0 Å². The molecule has 202 valence electrons. The molecule has 0 spiro atoms. The van der Waals surface area contributed by atoms with E-state index in [0.29, 0.717) is 44.8 Å². The van der Waals surface area contributed by atoms with Gasteiger partial charge in [-0.3, -0.25) is 4.79 Å². The van der Waals surface area contributed by atoms with Gasteiger partial charge in [0.25, 0.3) is 0 Å². The molecule has 0 aromatic carbocycles. The lowest BCUT2D eigenvalue weighted by Gasteiger charge is -2.61. The van der Waals surface area contributed by atoms with E-state index in [1.807, 2.05) is 20.8 Å². The summed E-state index contributed by atoms with van der Waals surface area (Å²) in [6, 6.07) is 0. The van der Waals surface area contributed by atoms with Crippen LogP contribution in [0.1, 0.15) is 79.1 Å². The summed E-state index contributed by atoms with van der Waals surface area (Å²) in [6.07, 6.45) is 5.46. The molecular formula is C28H39F3O5. The highest BCUT2D eigenvalue weighted by Crippen LogP contribution is 2.69. The fourth-order valence-electron chi connectivity index (χ4n) is 8.68. The number of carbonyl (C=O) groups excluding carboxylic acids is 2. The molecule has 0 aromatic heterocycles. The Kier molecular flexibility index (Phi) is 7.33. The van der Waals surface area contributed by atoms with Crippen LogP contribution in [0.5, 0.6) is 0 Å². The van der Waals surface area contributed by atoms with Gasteiger partial charge >= 0.3 is 12.1 Å². The van der Waals surface area contributed by atoms with E-state index < -0.39 is 29.5 Å². The Morgan fingerprint density at radius 3 is 2.31 bits per heavy atom. The monoisotopic (exact) mass is 512 g/mol. The van der Waals surface area contributed by atoms with Crippen LogP contribution in [0, 0.1) is 52.8 Å². The largest absolute Gasteiger partial charge is 0.490 e. The molecule has 4 rings (SSSR count). The molecule has 0 radical (unpaired) electrons. The van der Waals surface area contributed by atoms with Gasteiger partial charge in [-0.2, -0.15) is 13.2 Å². The van der Waals surface area contributed by atoms with Gasteiger partial charge in [0, 0.05) is 25.0 Å². The van der Waals surface area contributed by atoms with Crippen molar-refractivity contribution in [2.75, 3.05) is 13.2 Å². The smallest absolute Gasteiger partial charge is 0.439 e. The third-order valence-corrected chi connectivity index (χ3v) is 10.4. The molecule has 0 N–H and O–H groups in total. The lowest BCUT2D eigenvalue weighted by molar-refractivity contribution is -0.223. The van der Waals surface area contributed by atoms with Crippen LogP contribution in [0.25, 0.3) is 0 Å². The first-order chi connectivity index (χ1) is 16.9. The number of alkyl halides is 3. The van der Waals surface area contributed by atoms with Gasteiger partial charge < -0.3 is 14.2 Å². The van der Waals surface area contributed by atoms with Gasteiger partial charge in [0.05, 0.1) is 5.92 Å². The topological polar surface area (TPSA) is 61.8 Å². The third-order valence-electron chi connectivity index (χ3n) is 10.4. The first-order valence-electron chi connectivity index (χ1n) is 13.4. The van der Waals surface area contributed by atoms with Crippen molar-refractivity contribution in [3.63, 3.8) is 0 Å². The summed E-state index contributed by atoms with van der Waals surface area (Å²) in [5, 5.41) is 0. The molecule has 0 saturated heterocycles. The zero-order valence-corrected chi connectivity index (χ0v) is 21.8. The Morgan fingerprint density at radius 2 is 1.72 bits per heavy atom. The zero-order valence-electron chi connectivity index (χ0n) is 21.8. The predicted octanol–water partition coefficient (Wildman–Crippen LogP) is 5.70. The van der Waals surface area contributed by atoms with E-state index in [2.05, 4.69) is 12.8 Å². The van der Waals surface area contributed by atoms with Crippen molar-refractivity contribution >= 4 is 11.8 Å². The Balaban J connectivity index is 1.61. The highest BCUT2D eigenvalue weighted by atomic mass is 19.4. The van der Waals surface area contributed by atoms with E-state index in [-0.39, 0.29) is 41.3 Å². The van der Waals surface area contributed by atoms with Gasteiger partial charge in [-0.1, -0.05) is 19.8 Å². The molecule has 8 atom stereocenters. The minimum Gasteiger partial charge on any atom is -0.439 e. The maximum absolute atomic E-state index is 13.2. The van der Waals surface area contributed by atoms with Crippen LogP contribution in [-0.2, 0) is 23.8 Å². The SMILES string of the molecule is C#C[C@@]1(OC(=O)C(F)(F)F)CC[C@H]2[C@@H]3CCC4CC(=O)C(C(OCC)OCC)C[C@]4(C)[C@H]3CC[C@@]21C. The Bertz CT molecular complexity index is 906. The van der Waals surface area contributed by atoms with Gasteiger partial charge in [0.2, 0.25) is 0 Å². The minimum absolute atomic E-state index is 0.0665. The molecule has 36 heavy (non-hydrogen) atoms. The van der Waals surface area contributed by atoms with Crippen LogP contribution in [0.2, 0.25) is 0 Å².